The van der Waals surface area contributed by atoms with Crippen LogP contribution >= 0.6 is 23.2 Å². The minimum absolute atomic E-state index is 0.473. The lowest BCUT2D eigenvalue weighted by atomic mass is 10.0. The largest absolute Gasteiger partial charge is 0.323 e. The zero-order valence-corrected chi connectivity index (χ0v) is 13.9. The Bertz CT molecular complexity index is 623. The molecule has 21 heavy (non-hydrogen) atoms. The highest BCUT2D eigenvalue weighted by atomic mass is 35.5. The molecule has 114 valence electrons. The molecule has 2 heterocycles. The Kier molecular flexibility index (Phi) is 4.72. The maximum atomic E-state index is 6.19. The molecule has 0 saturated carbocycles. The van der Waals surface area contributed by atoms with E-state index >= 15 is 0 Å². The Morgan fingerprint density at radius 2 is 2.24 bits per heavy atom. The molecule has 0 N–H and O–H groups in total. The molecule has 0 spiro atoms. The summed E-state index contributed by atoms with van der Waals surface area (Å²) < 4.78 is 2.38. The molecule has 0 amide bonds. The molecule has 2 aromatic rings. The number of aromatic nitrogens is 2. The predicted molar refractivity (Wildman–Crippen MR) is 89.6 cm³/mol. The smallest absolute Gasteiger partial charge is 0.111 e. The van der Waals surface area contributed by atoms with E-state index in [1.807, 2.05) is 18.2 Å². The van der Waals surface area contributed by atoms with Crippen molar-refractivity contribution in [3.05, 3.63) is 29.0 Å². The van der Waals surface area contributed by atoms with E-state index in [9.17, 15) is 0 Å². The van der Waals surface area contributed by atoms with Crippen LogP contribution in [-0.4, -0.2) is 40.0 Å². The van der Waals surface area contributed by atoms with Crippen LogP contribution in [0.15, 0.2) is 18.2 Å². The third-order valence-corrected chi connectivity index (χ3v) is 4.76. The van der Waals surface area contributed by atoms with Gasteiger partial charge in [0.2, 0.25) is 0 Å². The monoisotopic (exact) mass is 325 g/mol. The first-order valence-corrected chi connectivity index (χ1v) is 8.59. The fraction of sp³-hybridized carbons (Fsp3) is 0.562. The Balaban J connectivity index is 2.05. The lowest BCUT2D eigenvalue weighted by Gasteiger charge is -2.33. The topological polar surface area (TPSA) is 21.1 Å². The van der Waals surface area contributed by atoms with Crippen LogP contribution < -0.4 is 0 Å². The Labute approximate surface area is 135 Å². The van der Waals surface area contributed by atoms with Gasteiger partial charge in [-0.3, -0.25) is 0 Å². The molecule has 3 rings (SSSR count). The van der Waals surface area contributed by atoms with Crippen molar-refractivity contribution in [3.63, 3.8) is 0 Å². The zero-order valence-electron chi connectivity index (χ0n) is 12.4. The highest BCUT2D eigenvalue weighted by molar-refractivity contribution is 6.31. The fourth-order valence-electron chi connectivity index (χ4n) is 3.31. The lowest BCUT2D eigenvalue weighted by Crippen LogP contribution is -2.36. The summed E-state index contributed by atoms with van der Waals surface area (Å²) in [6, 6.07) is 6.42. The van der Waals surface area contributed by atoms with Crippen molar-refractivity contribution < 1.29 is 0 Å². The average Bonchev–Trinajstić information content (AvgIpc) is 2.85. The van der Waals surface area contributed by atoms with Gasteiger partial charge in [0.1, 0.15) is 5.82 Å². The van der Waals surface area contributed by atoms with Crippen molar-refractivity contribution >= 4 is 34.2 Å². The van der Waals surface area contributed by atoms with Crippen molar-refractivity contribution in [1.82, 2.24) is 14.5 Å². The molecule has 1 atom stereocenters. The number of halogens is 2. The second kappa shape index (κ2) is 6.55. The van der Waals surface area contributed by atoms with Crippen LogP contribution in [0.2, 0.25) is 5.02 Å². The van der Waals surface area contributed by atoms with Crippen molar-refractivity contribution in [2.24, 2.45) is 0 Å². The Morgan fingerprint density at radius 1 is 1.38 bits per heavy atom. The van der Waals surface area contributed by atoms with Crippen molar-refractivity contribution in [3.8, 4) is 0 Å². The number of rotatable bonds is 4. The van der Waals surface area contributed by atoms with Gasteiger partial charge in [-0.1, -0.05) is 18.5 Å². The van der Waals surface area contributed by atoms with Gasteiger partial charge in [0, 0.05) is 29.9 Å². The van der Waals surface area contributed by atoms with Crippen LogP contribution in [0.25, 0.3) is 11.0 Å². The van der Waals surface area contributed by atoms with Crippen LogP contribution in [0.4, 0.5) is 0 Å². The van der Waals surface area contributed by atoms with E-state index in [0.717, 1.165) is 41.4 Å². The first-order valence-electron chi connectivity index (χ1n) is 7.67. The van der Waals surface area contributed by atoms with Gasteiger partial charge < -0.3 is 9.47 Å². The maximum absolute atomic E-state index is 6.19. The SMILES string of the molecule is CCN1CCCC(n2c(CCCl)nc3ccc(Cl)cc32)C1. The molecule has 0 radical (unpaired) electrons. The first-order chi connectivity index (χ1) is 10.2. The summed E-state index contributed by atoms with van der Waals surface area (Å²) in [5, 5.41) is 0.768. The number of nitrogens with zero attached hydrogens (tertiary/aromatic N) is 3. The van der Waals surface area contributed by atoms with Crippen molar-refractivity contribution in [1.29, 1.82) is 0 Å². The van der Waals surface area contributed by atoms with Crippen LogP contribution in [0.5, 0.6) is 0 Å². The summed E-state index contributed by atoms with van der Waals surface area (Å²) in [6.07, 6.45) is 3.24. The average molecular weight is 326 g/mol. The normalized spacial score (nSPS) is 20.2. The summed E-state index contributed by atoms with van der Waals surface area (Å²) in [4.78, 5) is 7.28. The van der Waals surface area contributed by atoms with E-state index in [4.69, 9.17) is 28.2 Å². The number of aryl methyl sites for hydroxylation is 1. The molecule has 1 aliphatic heterocycles. The highest BCUT2D eigenvalue weighted by Crippen LogP contribution is 2.29. The molecule has 1 unspecified atom stereocenters. The van der Waals surface area contributed by atoms with Crippen LogP contribution in [-0.2, 0) is 6.42 Å². The van der Waals surface area contributed by atoms with Gasteiger partial charge >= 0.3 is 0 Å². The van der Waals surface area contributed by atoms with Crippen LogP contribution in [0.3, 0.4) is 0 Å². The second-order valence-electron chi connectivity index (χ2n) is 5.66. The summed E-state index contributed by atoms with van der Waals surface area (Å²) in [6.45, 7) is 5.62. The van der Waals surface area contributed by atoms with E-state index in [1.165, 1.54) is 19.4 Å². The van der Waals surface area contributed by atoms with Gasteiger partial charge in [0.05, 0.1) is 11.0 Å². The van der Waals surface area contributed by atoms with Gasteiger partial charge in [-0.2, -0.15) is 0 Å². The minimum atomic E-state index is 0.473. The number of alkyl halides is 1. The number of benzene rings is 1. The molecule has 1 saturated heterocycles. The van der Waals surface area contributed by atoms with E-state index in [2.05, 4.69) is 16.4 Å². The molecular weight excluding hydrogens is 305 g/mol. The fourth-order valence-corrected chi connectivity index (χ4v) is 3.65. The molecule has 0 aliphatic carbocycles. The third kappa shape index (κ3) is 3.05. The van der Waals surface area contributed by atoms with Gasteiger partial charge in [0.25, 0.3) is 0 Å². The van der Waals surface area contributed by atoms with Gasteiger partial charge in [0.15, 0.2) is 0 Å². The van der Waals surface area contributed by atoms with E-state index in [-0.39, 0.29) is 0 Å². The van der Waals surface area contributed by atoms with Gasteiger partial charge in [-0.05, 0) is 44.1 Å². The Morgan fingerprint density at radius 3 is 3.00 bits per heavy atom. The molecule has 1 aromatic heterocycles. The lowest BCUT2D eigenvalue weighted by molar-refractivity contribution is 0.186. The molecular formula is C16H21Cl2N3. The van der Waals surface area contributed by atoms with Gasteiger partial charge in [-0.25, -0.2) is 4.98 Å². The first kappa shape index (κ1) is 15.1. The second-order valence-corrected chi connectivity index (χ2v) is 6.47. The maximum Gasteiger partial charge on any atom is 0.111 e. The van der Waals surface area contributed by atoms with E-state index < -0.39 is 0 Å². The highest BCUT2D eigenvalue weighted by Gasteiger charge is 2.24. The number of fused-ring (bicyclic) bond motifs is 1. The Hall–Kier alpha value is -0.770. The molecule has 1 aliphatic rings. The number of imidazole rings is 1. The summed E-state index contributed by atoms with van der Waals surface area (Å²) in [7, 11) is 0. The summed E-state index contributed by atoms with van der Waals surface area (Å²) >= 11 is 12.2. The van der Waals surface area contributed by atoms with Crippen LogP contribution in [0.1, 0.15) is 31.6 Å². The number of likely N-dealkylation sites (N-methyl/N-ethyl adjacent to an activating group) is 1. The van der Waals surface area contributed by atoms with E-state index in [1.54, 1.807) is 0 Å². The molecule has 3 nitrogen and oxygen atoms in total. The third-order valence-electron chi connectivity index (χ3n) is 4.34. The minimum Gasteiger partial charge on any atom is -0.323 e. The van der Waals surface area contributed by atoms with Crippen LogP contribution in [0, 0.1) is 0 Å². The number of likely N-dealkylation sites (tertiary alicyclic amines) is 1. The molecule has 0 bridgehead atoms. The predicted octanol–water partition coefficient (Wildman–Crippen LogP) is 4.13. The molecule has 1 fully saturated rings. The summed E-state index contributed by atoms with van der Waals surface area (Å²) in [5.74, 6) is 1.69. The van der Waals surface area contributed by atoms with E-state index in [0.29, 0.717) is 11.9 Å². The van der Waals surface area contributed by atoms with Gasteiger partial charge in [-0.15, -0.1) is 11.6 Å². The molecule has 5 heteroatoms. The number of hydrogen-bond acceptors (Lipinski definition) is 2. The summed E-state index contributed by atoms with van der Waals surface area (Å²) in [5.41, 5.74) is 2.17. The quantitative estimate of drug-likeness (QED) is 0.788. The molecule has 1 aromatic carbocycles. The van der Waals surface area contributed by atoms with Crippen molar-refractivity contribution in [2.45, 2.75) is 32.2 Å². The number of hydrogen-bond donors (Lipinski definition) is 0. The zero-order chi connectivity index (χ0) is 14.8. The number of piperidine rings is 1. The van der Waals surface area contributed by atoms with Crippen molar-refractivity contribution in [2.75, 3.05) is 25.5 Å². The standard InChI is InChI=1S/C16H21Cl2N3/c1-2-20-9-3-4-13(11-20)21-15-10-12(18)5-6-14(15)19-16(21)7-8-17/h5-6,10,13H,2-4,7-9,11H2,1H3.